The van der Waals surface area contributed by atoms with Crippen LogP contribution in [0.25, 0.3) is 11.1 Å². The van der Waals surface area contributed by atoms with Crippen LogP contribution >= 0.6 is 0 Å². The van der Waals surface area contributed by atoms with Gasteiger partial charge < -0.3 is 9.72 Å². The zero-order valence-electron chi connectivity index (χ0n) is 26.6. The Hall–Kier alpha value is -5.79. The highest BCUT2D eigenvalue weighted by Crippen LogP contribution is 2.45. The number of fused-ring (bicyclic) bond motifs is 3. The van der Waals surface area contributed by atoms with E-state index >= 15 is 4.79 Å². The molecule has 1 heterocycles. The summed E-state index contributed by atoms with van der Waals surface area (Å²) in [7, 11) is 1.60. The molecular weight excluding hydrogens is 596 g/mol. The molecule has 1 aromatic heterocycles. The summed E-state index contributed by atoms with van der Waals surface area (Å²) >= 11 is 0. The smallest absolute Gasteiger partial charge is 0.424 e. The third kappa shape index (κ3) is 5.69. The summed E-state index contributed by atoms with van der Waals surface area (Å²) in [5.41, 5.74) is 9.87. The van der Waals surface area contributed by atoms with Crippen molar-refractivity contribution in [1.82, 2.24) is 20.4 Å². The molecule has 0 aliphatic heterocycles. The fraction of sp³-hybridized carbons (Fsp3) is 0.146. The number of carbonyl (C=O) groups excluding carboxylic acids is 2. The molecule has 1 atom stereocenters. The van der Waals surface area contributed by atoms with Gasteiger partial charge >= 0.3 is 6.09 Å². The second-order valence-electron chi connectivity index (χ2n) is 12.0. The van der Waals surface area contributed by atoms with Gasteiger partial charge in [-0.05, 0) is 38.9 Å². The van der Waals surface area contributed by atoms with E-state index in [0.29, 0.717) is 0 Å². The number of aromatic nitrogens is 2. The molecule has 0 saturated carbocycles. The molecule has 2 N–H and O–H groups in total. The number of amides is 1. The van der Waals surface area contributed by atoms with Crippen LogP contribution in [-0.4, -0.2) is 46.5 Å². The summed E-state index contributed by atoms with van der Waals surface area (Å²) in [6, 6.07) is 45.1. The molecule has 0 fully saturated rings. The van der Waals surface area contributed by atoms with Gasteiger partial charge in [0.05, 0.1) is 12.4 Å². The van der Waals surface area contributed by atoms with Crippen molar-refractivity contribution in [3.8, 4) is 11.1 Å². The second kappa shape index (κ2) is 13.5. The first-order valence-corrected chi connectivity index (χ1v) is 16.1. The summed E-state index contributed by atoms with van der Waals surface area (Å²) in [5, 5.41) is 1.29. The number of nitrogens with one attached hydrogen (secondary N) is 2. The number of carbonyl (C=O) groups is 2. The van der Waals surface area contributed by atoms with Crippen molar-refractivity contribution >= 4 is 11.9 Å². The molecule has 0 spiro atoms. The first kappa shape index (κ1) is 30.8. The Morgan fingerprint density at radius 2 is 1.23 bits per heavy atom. The number of hydrogen-bond donors (Lipinski definition) is 2. The fourth-order valence-corrected chi connectivity index (χ4v) is 7.04. The van der Waals surface area contributed by atoms with Gasteiger partial charge in [-0.2, -0.15) is 0 Å². The molecular formula is C41H36N4O3. The summed E-state index contributed by atoms with van der Waals surface area (Å²) < 4.78 is 5.95. The molecule has 1 unspecified atom stereocenters. The highest BCUT2D eigenvalue weighted by Gasteiger charge is 2.47. The number of benzene rings is 5. The SMILES string of the molecule is CN(NC(Cc1cnc[nH]1)C(=O)C(c1ccccc1)(c1ccccc1)c1ccccc1)C(=O)OCC1c2ccccc2-c2ccccc21. The lowest BCUT2D eigenvalue weighted by Crippen LogP contribution is -2.56. The average molecular weight is 633 g/mol. The maximum absolute atomic E-state index is 15.4. The van der Waals surface area contributed by atoms with Crippen molar-refractivity contribution in [3.63, 3.8) is 0 Å². The first-order valence-electron chi connectivity index (χ1n) is 16.1. The molecule has 0 radical (unpaired) electrons. The van der Waals surface area contributed by atoms with E-state index in [9.17, 15) is 4.79 Å². The van der Waals surface area contributed by atoms with E-state index in [-0.39, 0.29) is 24.7 Å². The number of nitrogens with zero attached hydrogens (tertiary/aromatic N) is 2. The van der Waals surface area contributed by atoms with Crippen LogP contribution in [-0.2, 0) is 21.4 Å². The number of H-pyrrole nitrogens is 1. The fourth-order valence-electron chi connectivity index (χ4n) is 7.04. The van der Waals surface area contributed by atoms with Gasteiger partial charge in [0, 0.05) is 31.3 Å². The Kier molecular flexibility index (Phi) is 8.69. The van der Waals surface area contributed by atoms with Crippen molar-refractivity contribution < 1.29 is 14.3 Å². The Balaban J connectivity index is 1.22. The lowest BCUT2D eigenvalue weighted by molar-refractivity contribution is -0.125. The monoisotopic (exact) mass is 632 g/mol. The van der Waals surface area contributed by atoms with E-state index in [1.807, 2.05) is 115 Å². The van der Waals surface area contributed by atoms with Gasteiger partial charge in [-0.1, -0.05) is 140 Å². The minimum absolute atomic E-state index is 0.0842. The quantitative estimate of drug-likeness (QED) is 0.116. The van der Waals surface area contributed by atoms with E-state index in [4.69, 9.17) is 4.74 Å². The number of ether oxygens (including phenoxy) is 1. The zero-order chi connectivity index (χ0) is 32.9. The highest BCUT2D eigenvalue weighted by molar-refractivity contribution is 6.01. The van der Waals surface area contributed by atoms with E-state index in [1.54, 1.807) is 19.6 Å². The molecule has 1 amide bonds. The topological polar surface area (TPSA) is 87.3 Å². The van der Waals surface area contributed by atoms with E-state index in [1.165, 1.54) is 5.01 Å². The minimum Gasteiger partial charge on any atom is -0.447 e. The van der Waals surface area contributed by atoms with Crippen molar-refractivity contribution in [3.05, 3.63) is 186 Å². The molecule has 7 heteroatoms. The van der Waals surface area contributed by atoms with Gasteiger partial charge in [-0.25, -0.2) is 20.2 Å². The van der Waals surface area contributed by atoms with E-state index in [2.05, 4.69) is 39.7 Å². The van der Waals surface area contributed by atoms with Crippen LogP contribution in [0.15, 0.2) is 152 Å². The number of hydrogen-bond acceptors (Lipinski definition) is 5. The summed E-state index contributed by atoms with van der Waals surface area (Å²) in [4.78, 5) is 36.4. The molecule has 0 bridgehead atoms. The number of hydrazine groups is 1. The molecule has 7 nitrogen and oxygen atoms in total. The van der Waals surface area contributed by atoms with Crippen LogP contribution in [0.4, 0.5) is 4.79 Å². The van der Waals surface area contributed by atoms with Crippen LogP contribution in [0.1, 0.15) is 39.4 Å². The van der Waals surface area contributed by atoms with Crippen LogP contribution in [0.2, 0.25) is 0 Å². The van der Waals surface area contributed by atoms with Gasteiger partial charge in [0.25, 0.3) is 0 Å². The highest BCUT2D eigenvalue weighted by atomic mass is 16.6. The molecule has 6 aromatic rings. The number of Topliss-reactive ketones (excluding diaryl/α,β-unsaturated/α-hetero) is 1. The van der Waals surface area contributed by atoms with E-state index in [0.717, 1.165) is 44.6 Å². The van der Waals surface area contributed by atoms with Crippen molar-refractivity contribution in [1.29, 1.82) is 0 Å². The largest absolute Gasteiger partial charge is 0.447 e. The lowest BCUT2D eigenvalue weighted by Gasteiger charge is -2.38. The molecule has 1 aliphatic carbocycles. The normalized spacial score (nSPS) is 12.9. The number of rotatable bonds is 11. The third-order valence-electron chi connectivity index (χ3n) is 9.24. The maximum Gasteiger partial charge on any atom is 0.424 e. The van der Waals surface area contributed by atoms with Crippen LogP contribution < -0.4 is 5.43 Å². The minimum atomic E-state index is -1.19. The van der Waals surface area contributed by atoms with Crippen LogP contribution in [0, 0.1) is 0 Å². The van der Waals surface area contributed by atoms with Gasteiger partial charge in [-0.15, -0.1) is 0 Å². The van der Waals surface area contributed by atoms with Crippen LogP contribution in [0.3, 0.4) is 0 Å². The molecule has 238 valence electrons. The van der Waals surface area contributed by atoms with Crippen molar-refractivity contribution in [2.45, 2.75) is 23.8 Å². The lowest BCUT2D eigenvalue weighted by atomic mass is 9.64. The van der Waals surface area contributed by atoms with Crippen molar-refractivity contribution in [2.24, 2.45) is 0 Å². The predicted octanol–water partition coefficient (Wildman–Crippen LogP) is 7.31. The zero-order valence-corrected chi connectivity index (χ0v) is 26.6. The predicted molar refractivity (Wildman–Crippen MR) is 186 cm³/mol. The second-order valence-corrected chi connectivity index (χ2v) is 12.0. The standard InChI is InChI=1S/C41H36N4O3/c1-45(40(47)48-27-37-35-23-13-11-21-33(35)34-22-12-14-24-36(34)37)44-38(25-32-26-42-28-43-32)39(46)41(29-15-5-2-6-16-29,30-17-7-3-8-18-30)31-19-9-4-10-20-31/h2-24,26,28,37-38,44H,25,27H2,1H3,(H,42,43). The van der Waals surface area contributed by atoms with Gasteiger partial charge in [0.2, 0.25) is 0 Å². The first-order chi connectivity index (χ1) is 23.6. The summed E-state index contributed by atoms with van der Waals surface area (Å²) in [6.45, 7) is 0.167. The Morgan fingerprint density at radius 3 is 1.71 bits per heavy atom. The third-order valence-corrected chi connectivity index (χ3v) is 9.24. The Bertz CT molecular complexity index is 1850. The Morgan fingerprint density at radius 1 is 0.750 bits per heavy atom. The van der Waals surface area contributed by atoms with E-state index < -0.39 is 17.6 Å². The summed E-state index contributed by atoms with van der Waals surface area (Å²) in [6.07, 6.45) is 2.97. The van der Waals surface area contributed by atoms with Gasteiger partial charge in [0.1, 0.15) is 12.0 Å². The van der Waals surface area contributed by atoms with Gasteiger partial charge in [-0.3, -0.25) is 4.79 Å². The molecule has 48 heavy (non-hydrogen) atoms. The molecule has 1 aliphatic rings. The number of ketones is 1. The number of imidazole rings is 1. The summed E-state index contributed by atoms with van der Waals surface area (Å²) in [5.74, 6) is -0.210. The average Bonchev–Trinajstić information content (AvgIpc) is 3.78. The number of aromatic amines is 1. The van der Waals surface area contributed by atoms with Gasteiger partial charge in [0.15, 0.2) is 5.78 Å². The Labute approximate surface area is 280 Å². The van der Waals surface area contributed by atoms with Crippen LogP contribution in [0.5, 0.6) is 0 Å². The maximum atomic E-state index is 15.4. The molecule has 0 saturated heterocycles. The molecule has 7 rings (SSSR count). The van der Waals surface area contributed by atoms with Crippen molar-refractivity contribution in [2.75, 3.05) is 13.7 Å². The molecule has 5 aromatic carbocycles.